The molecule has 1 aliphatic heterocycles. The number of hydrogen-bond donors (Lipinski definition) is 2. The summed E-state index contributed by atoms with van der Waals surface area (Å²) in [6, 6.07) is -0.519. The van der Waals surface area contributed by atoms with Crippen LogP contribution in [0.3, 0.4) is 0 Å². The Bertz CT molecular complexity index is 417. The maximum absolute atomic E-state index is 12.8. The van der Waals surface area contributed by atoms with E-state index < -0.39 is 24.6 Å². The third-order valence-corrected chi connectivity index (χ3v) is 4.64. The molecule has 0 radical (unpaired) electrons. The minimum Gasteiger partial charge on any atom is -0.380 e. The molecule has 1 atom stereocenters. The van der Waals surface area contributed by atoms with E-state index in [9.17, 15) is 23.1 Å². The molecule has 0 spiro atoms. The van der Waals surface area contributed by atoms with Crippen LogP contribution in [0, 0.1) is 5.41 Å². The summed E-state index contributed by atoms with van der Waals surface area (Å²) in [6.07, 6.45) is -5.63. The second kappa shape index (κ2) is 6.84. The van der Waals surface area contributed by atoms with Gasteiger partial charge < -0.3 is 20.2 Å². The number of carbonyl (C=O) groups is 1. The van der Waals surface area contributed by atoms with Gasteiger partial charge in [-0.2, -0.15) is 13.2 Å². The summed E-state index contributed by atoms with van der Waals surface area (Å²) < 4.78 is 38.3. The van der Waals surface area contributed by atoms with Gasteiger partial charge >= 0.3 is 12.2 Å². The summed E-state index contributed by atoms with van der Waals surface area (Å²) in [6.45, 7) is 6.48. The summed E-state index contributed by atoms with van der Waals surface area (Å²) in [7, 11) is 3.89. The SMILES string of the molecule is C[C@@H](NC(=O)N1CCC(O)(C(F)(F)F)CC1)C(C)(C)CN(C)C. The molecular formula is C15H28F3N3O2. The molecule has 2 amide bonds. The molecule has 0 aromatic heterocycles. The van der Waals surface area contributed by atoms with Gasteiger partial charge in [0, 0.05) is 38.5 Å². The molecule has 0 bridgehead atoms. The largest absolute Gasteiger partial charge is 0.417 e. The van der Waals surface area contributed by atoms with Crippen molar-refractivity contribution in [1.82, 2.24) is 15.1 Å². The summed E-state index contributed by atoms with van der Waals surface area (Å²) in [5, 5.41) is 12.5. The summed E-state index contributed by atoms with van der Waals surface area (Å²) in [5.41, 5.74) is -2.86. The van der Waals surface area contributed by atoms with Crippen molar-refractivity contribution in [2.24, 2.45) is 5.41 Å². The first-order valence-electron chi connectivity index (χ1n) is 7.78. The van der Waals surface area contributed by atoms with E-state index in [2.05, 4.69) is 5.32 Å². The van der Waals surface area contributed by atoms with Crippen LogP contribution in [0.15, 0.2) is 0 Å². The molecule has 5 nitrogen and oxygen atoms in total. The Morgan fingerprint density at radius 1 is 1.30 bits per heavy atom. The van der Waals surface area contributed by atoms with Gasteiger partial charge in [0.25, 0.3) is 0 Å². The zero-order valence-electron chi connectivity index (χ0n) is 14.5. The Hall–Kier alpha value is -1.02. The number of alkyl halides is 3. The maximum atomic E-state index is 12.8. The molecule has 1 saturated heterocycles. The van der Waals surface area contributed by atoms with Crippen LogP contribution in [-0.2, 0) is 0 Å². The second-order valence-corrected chi connectivity index (χ2v) is 7.41. The standard InChI is InChI=1S/C15H28F3N3O2/c1-11(13(2,3)10-20(4)5)19-12(22)21-8-6-14(23,7-9-21)15(16,17)18/h11,23H,6-10H2,1-5H3,(H,19,22)/t11-/m1/s1. The second-order valence-electron chi connectivity index (χ2n) is 7.41. The average Bonchev–Trinajstić information content (AvgIpc) is 2.36. The fourth-order valence-electron chi connectivity index (χ4n) is 2.79. The Labute approximate surface area is 135 Å². The van der Waals surface area contributed by atoms with Crippen LogP contribution in [0.25, 0.3) is 0 Å². The summed E-state index contributed by atoms with van der Waals surface area (Å²) in [5.74, 6) is 0. The van der Waals surface area contributed by atoms with Gasteiger partial charge in [0.2, 0.25) is 0 Å². The lowest BCUT2D eigenvalue weighted by Gasteiger charge is -2.40. The van der Waals surface area contributed by atoms with E-state index in [0.29, 0.717) is 0 Å². The number of likely N-dealkylation sites (tertiary alicyclic amines) is 1. The minimum atomic E-state index is -4.66. The fourth-order valence-corrected chi connectivity index (χ4v) is 2.79. The number of urea groups is 1. The van der Waals surface area contributed by atoms with Gasteiger partial charge in [-0.05, 0) is 26.4 Å². The average molecular weight is 339 g/mol. The normalized spacial score (nSPS) is 20.5. The summed E-state index contributed by atoms with van der Waals surface area (Å²) >= 11 is 0. The number of piperidine rings is 1. The first-order chi connectivity index (χ1) is 10.3. The third kappa shape index (κ3) is 4.97. The van der Waals surface area contributed by atoms with Crippen molar-refractivity contribution in [2.45, 2.75) is 51.4 Å². The first kappa shape index (κ1) is 20.0. The molecule has 0 aliphatic carbocycles. The van der Waals surface area contributed by atoms with Gasteiger partial charge in [-0.3, -0.25) is 0 Å². The van der Waals surface area contributed by atoms with Gasteiger partial charge in [0.1, 0.15) is 0 Å². The van der Waals surface area contributed by atoms with Crippen molar-refractivity contribution >= 4 is 6.03 Å². The van der Waals surface area contributed by atoms with Crippen LogP contribution in [0.2, 0.25) is 0 Å². The van der Waals surface area contributed by atoms with Gasteiger partial charge in [-0.1, -0.05) is 13.8 Å². The van der Waals surface area contributed by atoms with Gasteiger partial charge in [0.15, 0.2) is 5.60 Å². The number of amides is 2. The number of halogens is 3. The molecule has 1 heterocycles. The van der Waals surface area contributed by atoms with E-state index in [1.165, 1.54) is 4.90 Å². The number of aliphatic hydroxyl groups is 1. The Kier molecular flexibility index (Phi) is 5.96. The molecule has 1 rings (SSSR count). The van der Waals surface area contributed by atoms with Crippen LogP contribution in [-0.4, -0.2) is 72.5 Å². The third-order valence-electron chi connectivity index (χ3n) is 4.64. The summed E-state index contributed by atoms with van der Waals surface area (Å²) in [4.78, 5) is 15.6. The molecule has 0 saturated carbocycles. The fraction of sp³-hybridized carbons (Fsp3) is 0.933. The topological polar surface area (TPSA) is 55.8 Å². The smallest absolute Gasteiger partial charge is 0.380 e. The molecule has 136 valence electrons. The molecule has 0 aromatic rings. The zero-order chi connectivity index (χ0) is 18.1. The predicted molar refractivity (Wildman–Crippen MR) is 82.1 cm³/mol. The van der Waals surface area contributed by atoms with E-state index in [1.54, 1.807) is 0 Å². The van der Waals surface area contributed by atoms with E-state index in [-0.39, 0.29) is 30.6 Å². The Morgan fingerprint density at radius 3 is 2.17 bits per heavy atom. The van der Waals surface area contributed by atoms with Crippen molar-refractivity contribution in [3.63, 3.8) is 0 Å². The molecule has 0 unspecified atom stereocenters. The predicted octanol–water partition coefficient (Wildman–Crippen LogP) is 2.06. The lowest BCUT2D eigenvalue weighted by atomic mass is 9.85. The molecular weight excluding hydrogens is 311 g/mol. The zero-order valence-corrected chi connectivity index (χ0v) is 14.5. The van der Waals surface area contributed by atoms with Gasteiger partial charge in [0.05, 0.1) is 0 Å². The van der Waals surface area contributed by atoms with Crippen molar-refractivity contribution < 1.29 is 23.1 Å². The lowest BCUT2D eigenvalue weighted by Crippen LogP contribution is -2.57. The number of hydrogen-bond acceptors (Lipinski definition) is 3. The number of rotatable bonds is 4. The molecule has 8 heteroatoms. The van der Waals surface area contributed by atoms with E-state index >= 15 is 0 Å². The van der Waals surface area contributed by atoms with Crippen molar-refractivity contribution in [3.8, 4) is 0 Å². The quantitative estimate of drug-likeness (QED) is 0.824. The van der Waals surface area contributed by atoms with Gasteiger partial charge in [-0.15, -0.1) is 0 Å². The number of carbonyl (C=O) groups excluding carboxylic acids is 1. The van der Waals surface area contributed by atoms with Crippen LogP contribution < -0.4 is 5.32 Å². The highest BCUT2D eigenvalue weighted by molar-refractivity contribution is 5.74. The van der Waals surface area contributed by atoms with Crippen LogP contribution in [0.5, 0.6) is 0 Å². The highest BCUT2D eigenvalue weighted by Crippen LogP contribution is 2.38. The lowest BCUT2D eigenvalue weighted by molar-refractivity contribution is -0.271. The molecule has 2 N–H and O–H groups in total. The maximum Gasteiger partial charge on any atom is 0.417 e. The van der Waals surface area contributed by atoms with Crippen LogP contribution in [0.4, 0.5) is 18.0 Å². The minimum absolute atomic E-state index is 0.108. The highest BCUT2D eigenvalue weighted by atomic mass is 19.4. The Morgan fingerprint density at radius 2 is 1.78 bits per heavy atom. The van der Waals surface area contributed by atoms with Crippen molar-refractivity contribution in [2.75, 3.05) is 33.7 Å². The molecule has 0 aromatic carbocycles. The van der Waals surface area contributed by atoms with Crippen LogP contribution in [0.1, 0.15) is 33.6 Å². The van der Waals surface area contributed by atoms with Crippen molar-refractivity contribution in [1.29, 1.82) is 0 Å². The van der Waals surface area contributed by atoms with E-state index in [4.69, 9.17) is 0 Å². The number of nitrogens with zero attached hydrogens (tertiary/aromatic N) is 2. The van der Waals surface area contributed by atoms with Crippen molar-refractivity contribution in [3.05, 3.63) is 0 Å². The Balaban J connectivity index is 2.58. The van der Waals surface area contributed by atoms with E-state index in [0.717, 1.165) is 6.54 Å². The van der Waals surface area contributed by atoms with Gasteiger partial charge in [-0.25, -0.2) is 4.79 Å². The molecule has 23 heavy (non-hydrogen) atoms. The van der Waals surface area contributed by atoms with E-state index in [1.807, 2.05) is 39.8 Å². The molecule has 1 aliphatic rings. The highest BCUT2D eigenvalue weighted by Gasteiger charge is 2.55. The monoisotopic (exact) mass is 339 g/mol. The van der Waals surface area contributed by atoms with Crippen LogP contribution >= 0.6 is 0 Å². The first-order valence-corrected chi connectivity index (χ1v) is 7.78. The number of nitrogens with one attached hydrogen (secondary N) is 1. The molecule has 1 fully saturated rings.